The fourth-order valence-electron chi connectivity index (χ4n) is 4.04. The van der Waals surface area contributed by atoms with E-state index in [2.05, 4.69) is 9.97 Å². The van der Waals surface area contributed by atoms with Crippen molar-refractivity contribution in [3.8, 4) is 0 Å². The number of hydrogen-bond donors (Lipinski definition) is 1. The summed E-state index contributed by atoms with van der Waals surface area (Å²) in [5.74, 6) is 0.517. The zero-order chi connectivity index (χ0) is 22.0. The van der Waals surface area contributed by atoms with Crippen molar-refractivity contribution in [3.05, 3.63) is 41.1 Å². The van der Waals surface area contributed by atoms with E-state index in [-0.39, 0.29) is 11.7 Å². The van der Waals surface area contributed by atoms with Gasteiger partial charge in [-0.25, -0.2) is 18.4 Å². The molecule has 31 heavy (non-hydrogen) atoms. The van der Waals surface area contributed by atoms with Crippen LogP contribution >= 0.6 is 11.8 Å². The van der Waals surface area contributed by atoms with Gasteiger partial charge in [-0.15, -0.1) is 0 Å². The van der Waals surface area contributed by atoms with Crippen molar-refractivity contribution < 1.29 is 13.2 Å². The maximum absolute atomic E-state index is 13.1. The number of nitrogens with two attached hydrogens (primary N) is 1. The van der Waals surface area contributed by atoms with Crippen molar-refractivity contribution in [1.82, 2.24) is 19.2 Å². The molecule has 1 saturated heterocycles. The number of hydrogen-bond acceptors (Lipinski definition) is 7. The molecule has 2 aromatic rings. The summed E-state index contributed by atoms with van der Waals surface area (Å²) >= 11 is 1.24. The average molecular weight is 462 g/mol. The molecule has 10 heteroatoms. The fraction of sp³-hybridized carbons (Fsp3) is 0.476. The normalized spacial score (nSPS) is 17.4. The third-order valence-electron chi connectivity index (χ3n) is 5.73. The highest BCUT2D eigenvalue weighted by molar-refractivity contribution is 7.99. The molecule has 0 unspecified atom stereocenters. The SMILES string of the molecule is Cc1cc(N)nc(SCC(=O)N2CCN(S(=O)(=O)c3ccc4c(c3)CCCC4)CC2)n1. The Balaban J connectivity index is 1.35. The summed E-state index contributed by atoms with van der Waals surface area (Å²) in [7, 11) is -3.55. The van der Waals surface area contributed by atoms with Crippen molar-refractivity contribution in [1.29, 1.82) is 0 Å². The van der Waals surface area contributed by atoms with Crippen LogP contribution in [0.5, 0.6) is 0 Å². The molecule has 2 aliphatic rings. The lowest BCUT2D eigenvalue weighted by molar-refractivity contribution is -0.129. The van der Waals surface area contributed by atoms with Gasteiger partial charge in [0.1, 0.15) is 5.82 Å². The fourth-order valence-corrected chi connectivity index (χ4v) is 6.33. The first-order valence-corrected chi connectivity index (χ1v) is 12.9. The third-order valence-corrected chi connectivity index (χ3v) is 8.45. The molecule has 1 aromatic heterocycles. The first kappa shape index (κ1) is 22.0. The van der Waals surface area contributed by atoms with E-state index in [1.54, 1.807) is 17.0 Å². The van der Waals surface area contributed by atoms with Crippen LogP contribution < -0.4 is 5.73 Å². The molecule has 4 rings (SSSR count). The van der Waals surface area contributed by atoms with E-state index in [9.17, 15) is 13.2 Å². The van der Waals surface area contributed by atoms with E-state index >= 15 is 0 Å². The van der Waals surface area contributed by atoms with Gasteiger partial charge >= 0.3 is 0 Å². The average Bonchev–Trinajstić information content (AvgIpc) is 2.76. The Morgan fingerprint density at radius 3 is 2.48 bits per heavy atom. The second-order valence-corrected chi connectivity index (χ2v) is 10.8. The largest absolute Gasteiger partial charge is 0.384 e. The number of aromatic nitrogens is 2. The van der Waals surface area contributed by atoms with Crippen LogP contribution in [0.3, 0.4) is 0 Å². The molecule has 2 N–H and O–H groups in total. The van der Waals surface area contributed by atoms with Crippen LogP contribution in [-0.4, -0.2) is 65.4 Å². The van der Waals surface area contributed by atoms with E-state index in [0.717, 1.165) is 36.9 Å². The van der Waals surface area contributed by atoms with Gasteiger partial charge in [-0.3, -0.25) is 4.79 Å². The van der Waals surface area contributed by atoms with Crippen molar-refractivity contribution in [2.75, 3.05) is 37.7 Å². The minimum absolute atomic E-state index is 0.0560. The number of anilines is 1. The van der Waals surface area contributed by atoms with Gasteiger partial charge in [0.2, 0.25) is 15.9 Å². The number of nitrogens with zero attached hydrogens (tertiary/aromatic N) is 4. The van der Waals surface area contributed by atoms with Crippen LogP contribution in [0.4, 0.5) is 5.82 Å². The molecule has 166 valence electrons. The zero-order valence-corrected chi connectivity index (χ0v) is 19.2. The summed E-state index contributed by atoms with van der Waals surface area (Å²) in [6.45, 7) is 3.17. The molecular weight excluding hydrogens is 434 g/mol. The first-order valence-electron chi connectivity index (χ1n) is 10.5. The number of amides is 1. The predicted molar refractivity (Wildman–Crippen MR) is 120 cm³/mol. The second kappa shape index (κ2) is 9.13. The molecule has 8 nitrogen and oxygen atoms in total. The van der Waals surface area contributed by atoms with Crippen LogP contribution in [0.25, 0.3) is 0 Å². The van der Waals surface area contributed by atoms with Crippen LogP contribution in [0.2, 0.25) is 0 Å². The number of thioether (sulfide) groups is 1. The number of carbonyl (C=O) groups is 1. The van der Waals surface area contributed by atoms with Gasteiger partial charge in [-0.1, -0.05) is 17.8 Å². The van der Waals surface area contributed by atoms with E-state index in [1.807, 2.05) is 19.1 Å². The third kappa shape index (κ3) is 5.02. The van der Waals surface area contributed by atoms with Gasteiger partial charge in [0.25, 0.3) is 0 Å². The van der Waals surface area contributed by atoms with Gasteiger partial charge in [0.15, 0.2) is 5.16 Å². The minimum atomic E-state index is -3.55. The Kier molecular flexibility index (Phi) is 6.49. The van der Waals surface area contributed by atoms with Gasteiger partial charge in [-0.05, 0) is 55.9 Å². The number of rotatable bonds is 5. The number of fused-ring (bicyclic) bond motifs is 1. The molecular formula is C21H27N5O3S2. The molecule has 0 spiro atoms. The number of aryl methyl sites for hydroxylation is 3. The van der Waals surface area contributed by atoms with Crippen LogP contribution in [0.15, 0.2) is 34.3 Å². The van der Waals surface area contributed by atoms with Gasteiger partial charge < -0.3 is 10.6 Å². The molecule has 0 saturated carbocycles. The summed E-state index contributed by atoms with van der Waals surface area (Å²) in [6, 6.07) is 7.19. The number of benzene rings is 1. The van der Waals surface area contributed by atoms with E-state index in [1.165, 1.54) is 21.6 Å². The minimum Gasteiger partial charge on any atom is -0.384 e. The van der Waals surface area contributed by atoms with Gasteiger partial charge in [0.05, 0.1) is 10.6 Å². The number of carbonyl (C=O) groups excluding carboxylic acids is 1. The lowest BCUT2D eigenvalue weighted by atomic mass is 9.92. The Morgan fingerprint density at radius 2 is 1.77 bits per heavy atom. The Morgan fingerprint density at radius 1 is 1.06 bits per heavy atom. The topological polar surface area (TPSA) is 109 Å². The molecule has 2 heterocycles. The lowest BCUT2D eigenvalue weighted by Gasteiger charge is -2.34. The smallest absolute Gasteiger partial charge is 0.243 e. The Bertz CT molecular complexity index is 1060. The summed E-state index contributed by atoms with van der Waals surface area (Å²) in [5, 5.41) is 0.472. The summed E-state index contributed by atoms with van der Waals surface area (Å²) < 4.78 is 27.7. The van der Waals surface area contributed by atoms with Crippen molar-refractivity contribution in [2.24, 2.45) is 0 Å². The summed E-state index contributed by atoms with van der Waals surface area (Å²) in [6.07, 6.45) is 4.23. The van der Waals surface area contributed by atoms with E-state index in [0.29, 0.717) is 42.0 Å². The quantitative estimate of drug-likeness (QED) is 0.535. The molecule has 1 aromatic carbocycles. The Labute approximate surface area is 187 Å². The number of nitrogen functional groups attached to an aromatic ring is 1. The highest BCUT2D eigenvalue weighted by Crippen LogP contribution is 2.26. The highest BCUT2D eigenvalue weighted by Gasteiger charge is 2.30. The molecule has 0 bridgehead atoms. The van der Waals surface area contributed by atoms with Gasteiger partial charge in [-0.2, -0.15) is 4.31 Å². The zero-order valence-electron chi connectivity index (χ0n) is 17.6. The molecule has 0 atom stereocenters. The molecule has 1 fully saturated rings. The van der Waals surface area contributed by atoms with Crippen LogP contribution in [0.1, 0.15) is 29.7 Å². The summed E-state index contributed by atoms with van der Waals surface area (Å²) in [4.78, 5) is 23.0. The lowest BCUT2D eigenvalue weighted by Crippen LogP contribution is -2.51. The predicted octanol–water partition coefficient (Wildman–Crippen LogP) is 1.87. The van der Waals surface area contributed by atoms with E-state index in [4.69, 9.17) is 5.73 Å². The molecule has 0 radical (unpaired) electrons. The van der Waals surface area contributed by atoms with Gasteiger partial charge in [0, 0.05) is 37.9 Å². The highest BCUT2D eigenvalue weighted by atomic mass is 32.2. The standard InChI is InChI=1S/C21H27N5O3S2/c1-15-12-19(22)24-21(23-15)30-14-20(27)25-8-10-26(11-9-25)31(28,29)18-7-6-16-4-2-3-5-17(16)13-18/h6-7,12-13H,2-5,8-11,14H2,1H3,(H2,22,23,24). The monoisotopic (exact) mass is 461 g/mol. The molecule has 1 aliphatic carbocycles. The van der Waals surface area contributed by atoms with Crippen molar-refractivity contribution in [2.45, 2.75) is 42.7 Å². The van der Waals surface area contributed by atoms with E-state index < -0.39 is 10.0 Å². The second-order valence-electron chi connectivity index (χ2n) is 7.93. The number of piperazine rings is 1. The molecule has 1 amide bonds. The van der Waals surface area contributed by atoms with Crippen molar-refractivity contribution >= 4 is 33.5 Å². The van der Waals surface area contributed by atoms with Crippen molar-refractivity contribution in [3.63, 3.8) is 0 Å². The maximum atomic E-state index is 13.1. The Hall–Kier alpha value is -2.17. The molecule has 1 aliphatic heterocycles. The summed E-state index contributed by atoms with van der Waals surface area (Å²) in [5.41, 5.74) is 8.89. The number of sulfonamides is 1. The van der Waals surface area contributed by atoms with Crippen LogP contribution in [0, 0.1) is 6.92 Å². The maximum Gasteiger partial charge on any atom is 0.243 e. The first-order chi connectivity index (χ1) is 14.8. The van der Waals surface area contributed by atoms with Crippen LogP contribution in [-0.2, 0) is 27.7 Å².